The first-order valence-corrected chi connectivity index (χ1v) is 4.54. The molecule has 0 N–H and O–H groups in total. The molecule has 1 aliphatic rings. The van der Waals surface area contributed by atoms with Gasteiger partial charge in [-0.15, -0.1) is 11.6 Å². The maximum Gasteiger partial charge on any atom is 0.176 e. The van der Waals surface area contributed by atoms with Crippen LogP contribution in [0.5, 0.6) is 0 Å². The van der Waals surface area contributed by atoms with Crippen molar-refractivity contribution in [1.82, 2.24) is 0 Å². The van der Waals surface area contributed by atoms with Crippen LogP contribution < -0.4 is 0 Å². The van der Waals surface area contributed by atoms with Crippen molar-refractivity contribution in [1.29, 1.82) is 0 Å². The second-order valence-corrected chi connectivity index (χ2v) is 3.15. The largest absolute Gasteiger partial charge is 0.382 e. The zero-order valence-electron chi connectivity index (χ0n) is 7.09. The molecule has 1 heterocycles. The Bertz CT molecular complexity index is 160. The van der Waals surface area contributed by atoms with Crippen molar-refractivity contribution in [2.75, 3.05) is 19.6 Å². The molecule has 0 bridgehead atoms. The minimum absolute atomic E-state index is 0.0183. The zero-order chi connectivity index (χ0) is 8.97. The molecule has 0 aromatic carbocycles. The minimum atomic E-state index is -0.289. The number of ketones is 1. The highest BCUT2D eigenvalue weighted by Crippen LogP contribution is 2.20. The number of alkyl halides is 1. The number of rotatable bonds is 4. The SMILES string of the molecule is COCC1CCC(C(=O)CCl)O1. The van der Waals surface area contributed by atoms with Gasteiger partial charge in [0.25, 0.3) is 0 Å². The van der Waals surface area contributed by atoms with Crippen LogP contribution >= 0.6 is 11.6 Å². The van der Waals surface area contributed by atoms with Crippen LogP contribution in [0.25, 0.3) is 0 Å². The summed E-state index contributed by atoms with van der Waals surface area (Å²) < 4.78 is 10.3. The smallest absolute Gasteiger partial charge is 0.176 e. The van der Waals surface area contributed by atoms with Gasteiger partial charge in [0, 0.05) is 7.11 Å². The van der Waals surface area contributed by atoms with E-state index in [0.29, 0.717) is 6.61 Å². The summed E-state index contributed by atoms with van der Waals surface area (Å²) in [6.45, 7) is 0.562. The third-order valence-corrected chi connectivity index (χ3v) is 2.21. The molecule has 1 fully saturated rings. The van der Waals surface area contributed by atoms with Crippen molar-refractivity contribution in [2.24, 2.45) is 0 Å². The van der Waals surface area contributed by atoms with Crippen LogP contribution in [0, 0.1) is 0 Å². The highest BCUT2D eigenvalue weighted by molar-refractivity contribution is 6.28. The van der Waals surface area contributed by atoms with Crippen LogP contribution in [0.2, 0.25) is 0 Å². The van der Waals surface area contributed by atoms with Crippen molar-refractivity contribution in [2.45, 2.75) is 25.0 Å². The molecule has 0 spiro atoms. The summed E-state index contributed by atoms with van der Waals surface area (Å²) in [4.78, 5) is 11.1. The van der Waals surface area contributed by atoms with Gasteiger partial charge >= 0.3 is 0 Å². The second-order valence-electron chi connectivity index (χ2n) is 2.88. The summed E-state index contributed by atoms with van der Waals surface area (Å²) in [5.74, 6) is 0.0277. The van der Waals surface area contributed by atoms with E-state index in [1.807, 2.05) is 0 Å². The lowest BCUT2D eigenvalue weighted by molar-refractivity contribution is -0.128. The Morgan fingerprint density at radius 3 is 3.00 bits per heavy atom. The Balaban J connectivity index is 2.30. The number of halogens is 1. The number of carbonyl (C=O) groups is 1. The summed E-state index contributed by atoms with van der Waals surface area (Å²) >= 11 is 5.40. The molecular weight excluding hydrogens is 180 g/mol. The van der Waals surface area contributed by atoms with Crippen molar-refractivity contribution < 1.29 is 14.3 Å². The van der Waals surface area contributed by atoms with Crippen LogP contribution in [0.15, 0.2) is 0 Å². The molecular formula is C8H13ClO3. The number of hydrogen-bond donors (Lipinski definition) is 0. The number of hydrogen-bond acceptors (Lipinski definition) is 3. The third kappa shape index (κ3) is 2.44. The van der Waals surface area contributed by atoms with Gasteiger partial charge in [-0.05, 0) is 12.8 Å². The lowest BCUT2D eigenvalue weighted by atomic mass is 10.1. The quantitative estimate of drug-likeness (QED) is 0.624. The average molecular weight is 193 g/mol. The van der Waals surface area contributed by atoms with E-state index in [4.69, 9.17) is 21.1 Å². The average Bonchev–Trinajstić information content (AvgIpc) is 2.52. The molecule has 1 saturated heterocycles. The topological polar surface area (TPSA) is 35.5 Å². The molecule has 12 heavy (non-hydrogen) atoms. The zero-order valence-corrected chi connectivity index (χ0v) is 7.84. The molecule has 1 rings (SSSR count). The minimum Gasteiger partial charge on any atom is -0.382 e. The first-order valence-electron chi connectivity index (χ1n) is 4.01. The Hall–Kier alpha value is -0.120. The lowest BCUT2D eigenvalue weighted by Gasteiger charge is -2.10. The Labute approximate surface area is 77.0 Å². The van der Waals surface area contributed by atoms with Crippen LogP contribution in [0.4, 0.5) is 0 Å². The maximum atomic E-state index is 11.1. The Morgan fingerprint density at radius 2 is 2.42 bits per heavy atom. The van der Waals surface area contributed by atoms with E-state index in [9.17, 15) is 4.79 Å². The van der Waals surface area contributed by atoms with Crippen LogP contribution in [0.1, 0.15) is 12.8 Å². The van der Waals surface area contributed by atoms with Gasteiger partial charge in [0.05, 0.1) is 18.6 Å². The summed E-state index contributed by atoms with van der Waals surface area (Å²) in [7, 11) is 1.63. The Kier molecular flexibility index (Phi) is 3.98. The van der Waals surface area contributed by atoms with Crippen molar-refractivity contribution >= 4 is 17.4 Å². The number of Topliss-reactive ketones (excluding diaryl/α,β-unsaturated/α-hetero) is 1. The highest BCUT2D eigenvalue weighted by atomic mass is 35.5. The lowest BCUT2D eigenvalue weighted by Crippen LogP contribution is -2.23. The first-order chi connectivity index (χ1) is 5.77. The molecule has 2 atom stereocenters. The summed E-state index contributed by atoms with van der Waals surface area (Å²) in [6, 6.07) is 0. The van der Waals surface area contributed by atoms with Crippen LogP contribution in [-0.4, -0.2) is 37.6 Å². The summed E-state index contributed by atoms with van der Waals surface area (Å²) in [6.07, 6.45) is 1.45. The molecule has 2 unspecified atom stereocenters. The normalized spacial score (nSPS) is 29.2. The monoisotopic (exact) mass is 192 g/mol. The number of methoxy groups -OCH3 is 1. The molecule has 0 aliphatic carbocycles. The van der Waals surface area contributed by atoms with Crippen LogP contribution in [0.3, 0.4) is 0 Å². The van der Waals surface area contributed by atoms with E-state index >= 15 is 0 Å². The fraction of sp³-hybridized carbons (Fsp3) is 0.875. The standard InChI is InChI=1S/C8H13ClO3/c1-11-5-6-2-3-8(12-6)7(10)4-9/h6,8H,2-5H2,1H3. The first kappa shape index (κ1) is 9.96. The predicted octanol–water partition coefficient (Wildman–Crippen LogP) is 0.988. The third-order valence-electron chi connectivity index (χ3n) is 1.95. The maximum absolute atomic E-state index is 11.1. The molecule has 70 valence electrons. The van der Waals surface area contributed by atoms with Crippen molar-refractivity contribution in [3.8, 4) is 0 Å². The van der Waals surface area contributed by atoms with E-state index in [-0.39, 0.29) is 23.9 Å². The van der Waals surface area contributed by atoms with Gasteiger partial charge in [0.2, 0.25) is 0 Å². The molecule has 0 radical (unpaired) electrons. The molecule has 1 aliphatic heterocycles. The van der Waals surface area contributed by atoms with Crippen LogP contribution in [-0.2, 0) is 14.3 Å². The van der Waals surface area contributed by atoms with E-state index < -0.39 is 0 Å². The van der Waals surface area contributed by atoms with E-state index in [2.05, 4.69) is 0 Å². The summed E-state index contributed by atoms with van der Waals surface area (Å²) in [5, 5.41) is 0. The second kappa shape index (κ2) is 4.80. The van der Waals surface area contributed by atoms with E-state index in [1.165, 1.54) is 0 Å². The van der Waals surface area contributed by atoms with Gasteiger partial charge in [-0.25, -0.2) is 0 Å². The predicted molar refractivity (Wildman–Crippen MR) is 45.5 cm³/mol. The van der Waals surface area contributed by atoms with Gasteiger partial charge in [0.15, 0.2) is 5.78 Å². The van der Waals surface area contributed by atoms with Gasteiger partial charge in [0.1, 0.15) is 6.10 Å². The summed E-state index contributed by atoms with van der Waals surface area (Å²) in [5.41, 5.74) is 0. The number of carbonyl (C=O) groups excluding carboxylic acids is 1. The van der Waals surface area contributed by atoms with Gasteiger partial charge < -0.3 is 9.47 Å². The fourth-order valence-electron chi connectivity index (χ4n) is 1.34. The molecule has 0 amide bonds. The number of ether oxygens (including phenoxy) is 2. The van der Waals surface area contributed by atoms with E-state index in [0.717, 1.165) is 12.8 Å². The van der Waals surface area contributed by atoms with Crippen molar-refractivity contribution in [3.63, 3.8) is 0 Å². The van der Waals surface area contributed by atoms with Gasteiger partial charge in [-0.2, -0.15) is 0 Å². The molecule has 3 nitrogen and oxygen atoms in total. The molecule has 4 heteroatoms. The van der Waals surface area contributed by atoms with E-state index in [1.54, 1.807) is 7.11 Å². The highest BCUT2D eigenvalue weighted by Gasteiger charge is 2.29. The van der Waals surface area contributed by atoms with Gasteiger partial charge in [-0.3, -0.25) is 4.79 Å². The Morgan fingerprint density at radius 1 is 1.67 bits per heavy atom. The van der Waals surface area contributed by atoms with Crippen molar-refractivity contribution in [3.05, 3.63) is 0 Å². The fourth-order valence-corrected chi connectivity index (χ4v) is 1.51. The molecule has 0 aromatic heterocycles. The molecule has 0 aromatic rings. The van der Waals surface area contributed by atoms with Gasteiger partial charge in [-0.1, -0.05) is 0 Å². The molecule has 0 saturated carbocycles.